The van der Waals surface area contributed by atoms with E-state index in [2.05, 4.69) is 15.1 Å². The highest BCUT2D eigenvalue weighted by molar-refractivity contribution is 5.95. The van der Waals surface area contributed by atoms with Gasteiger partial charge in [0.15, 0.2) is 0 Å². The highest BCUT2D eigenvalue weighted by Gasteiger charge is 2.42. The molecule has 10 heteroatoms. The molecule has 3 rings (SSSR count). The van der Waals surface area contributed by atoms with Gasteiger partial charge in [-0.2, -0.15) is 18.3 Å². The molecular weight excluding hydrogens is 375 g/mol. The summed E-state index contributed by atoms with van der Waals surface area (Å²) in [4.78, 5) is 33.0. The minimum Gasteiger partial charge on any atom is -0.339 e. The van der Waals surface area contributed by atoms with Gasteiger partial charge in [-0.25, -0.2) is 9.67 Å². The van der Waals surface area contributed by atoms with Crippen molar-refractivity contribution in [2.45, 2.75) is 45.7 Å². The Labute approximate surface area is 159 Å². The highest BCUT2D eigenvalue weighted by atomic mass is 19.4. The van der Waals surface area contributed by atoms with Crippen LogP contribution in [0.3, 0.4) is 0 Å². The summed E-state index contributed by atoms with van der Waals surface area (Å²) in [6.45, 7) is 5.51. The fraction of sp³-hybridized carbons (Fsp3) is 0.556. The van der Waals surface area contributed by atoms with Gasteiger partial charge in [0.1, 0.15) is 0 Å². The van der Waals surface area contributed by atoms with E-state index in [0.717, 1.165) is 0 Å². The summed E-state index contributed by atoms with van der Waals surface area (Å²) in [5.41, 5.74) is 1.03. The number of halogens is 3. The maximum atomic E-state index is 13.0. The zero-order chi connectivity index (χ0) is 20.6. The summed E-state index contributed by atoms with van der Waals surface area (Å²) in [5, 5.41) is 4.22. The number of aromatic amines is 1. The predicted octanol–water partition coefficient (Wildman–Crippen LogP) is 2.80. The number of carbonyl (C=O) groups excluding carboxylic acids is 1. The molecule has 0 unspecified atom stereocenters. The Balaban J connectivity index is 1.90. The lowest BCUT2D eigenvalue weighted by Crippen LogP contribution is -2.42. The Morgan fingerprint density at radius 1 is 1.29 bits per heavy atom. The zero-order valence-electron chi connectivity index (χ0n) is 15.9. The lowest BCUT2D eigenvalue weighted by molar-refractivity contribution is -0.183. The van der Waals surface area contributed by atoms with Gasteiger partial charge in [0.05, 0.1) is 23.4 Å². The molecule has 7 nitrogen and oxygen atoms in total. The van der Waals surface area contributed by atoms with Crippen LogP contribution in [0.2, 0.25) is 0 Å². The normalized spacial score (nSPS) is 16.0. The summed E-state index contributed by atoms with van der Waals surface area (Å²) in [6, 6.07) is 1.35. The number of hydrogen-bond acceptors (Lipinski definition) is 4. The predicted molar refractivity (Wildman–Crippen MR) is 95.5 cm³/mol. The van der Waals surface area contributed by atoms with Crippen LogP contribution in [0.15, 0.2) is 17.1 Å². The Bertz CT molecular complexity index is 924. The van der Waals surface area contributed by atoms with Crippen LogP contribution in [-0.2, 0) is 0 Å². The number of hydrogen-bond donors (Lipinski definition) is 1. The molecule has 1 aliphatic rings. The standard InChI is InChI=1S/C18H22F3N5O2/c1-10(2)15-13(9-22-26(15)17-23-11(3)8-14(27)24-17)16(28)25-6-4-12(5-7-25)18(19,20)21/h8-10,12H,4-7H2,1-3H3,(H,23,24,27). The number of nitrogens with one attached hydrogen (secondary N) is 1. The fourth-order valence-electron chi connectivity index (χ4n) is 3.49. The molecule has 0 aromatic carbocycles. The molecule has 1 amide bonds. The van der Waals surface area contributed by atoms with E-state index in [4.69, 9.17) is 0 Å². The molecule has 28 heavy (non-hydrogen) atoms. The second-order valence-electron chi connectivity index (χ2n) is 7.33. The summed E-state index contributed by atoms with van der Waals surface area (Å²) in [5.74, 6) is -1.65. The lowest BCUT2D eigenvalue weighted by Gasteiger charge is -2.33. The first kappa shape index (κ1) is 20.1. The summed E-state index contributed by atoms with van der Waals surface area (Å²) in [6.07, 6.45) is -3.05. The summed E-state index contributed by atoms with van der Waals surface area (Å²) < 4.78 is 40.0. The van der Waals surface area contributed by atoms with Gasteiger partial charge in [-0.15, -0.1) is 0 Å². The van der Waals surface area contributed by atoms with E-state index in [9.17, 15) is 22.8 Å². The van der Waals surface area contributed by atoms with Crippen LogP contribution >= 0.6 is 0 Å². The van der Waals surface area contributed by atoms with E-state index in [1.54, 1.807) is 6.92 Å². The fourth-order valence-corrected chi connectivity index (χ4v) is 3.49. The summed E-state index contributed by atoms with van der Waals surface area (Å²) in [7, 11) is 0. The molecule has 0 spiro atoms. The van der Waals surface area contributed by atoms with Crippen molar-refractivity contribution in [1.82, 2.24) is 24.6 Å². The third kappa shape index (κ3) is 3.95. The van der Waals surface area contributed by atoms with Crippen molar-refractivity contribution in [2.75, 3.05) is 13.1 Å². The number of H-pyrrole nitrogens is 1. The van der Waals surface area contributed by atoms with Crippen LogP contribution in [0, 0.1) is 12.8 Å². The van der Waals surface area contributed by atoms with Crippen molar-refractivity contribution in [2.24, 2.45) is 5.92 Å². The van der Waals surface area contributed by atoms with E-state index in [1.807, 2.05) is 13.8 Å². The van der Waals surface area contributed by atoms with Crippen molar-refractivity contribution in [3.63, 3.8) is 0 Å². The number of piperidine rings is 1. The first-order chi connectivity index (χ1) is 13.1. The van der Waals surface area contributed by atoms with Crippen LogP contribution in [0.5, 0.6) is 0 Å². The molecule has 1 N–H and O–H groups in total. The van der Waals surface area contributed by atoms with Gasteiger partial charge in [0.2, 0.25) is 5.95 Å². The average molecular weight is 397 g/mol. The van der Waals surface area contributed by atoms with Gasteiger partial charge in [0, 0.05) is 24.8 Å². The minimum absolute atomic E-state index is 0.0469. The van der Waals surface area contributed by atoms with Crippen LogP contribution in [0.25, 0.3) is 5.95 Å². The average Bonchev–Trinajstić information content (AvgIpc) is 3.05. The van der Waals surface area contributed by atoms with Crippen molar-refractivity contribution >= 4 is 5.91 Å². The molecule has 0 radical (unpaired) electrons. The van der Waals surface area contributed by atoms with Gasteiger partial charge >= 0.3 is 6.18 Å². The molecular formula is C18H22F3N5O2. The van der Waals surface area contributed by atoms with E-state index < -0.39 is 12.1 Å². The molecule has 0 bridgehead atoms. The second kappa shape index (κ2) is 7.40. The van der Waals surface area contributed by atoms with Crippen molar-refractivity contribution in [3.8, 4) is 5.95 Å². The molecule has 1 fully saturated rings. The molecule has 2 aromatic rings. The third-order valence-electron chi connectivity index (χ3n) is 4.89. The van der Waals surface area contributed by atoms with E-state index >= 15 is 0 Å². The first-order valence-electron chi connectivity index (χ1n) is 9.10. The summed E-state index contributed by atoms with van der Waals surface area (Å²) >= 11 is 0. The van der Waals surface area contributed by atoms with Crippen LogP contribution in [-0.4, -0.2) is 49.8 Å². The molecule has 1 aliphatic heterocycles. The maximum absolute atomic E-state index is 13.0. The highest BCUT2D eigenvalue weighted by Crippen LogP contribution is 2.34. The van der Waals surface area contributed by atoms with Crippen molar-refractivity contribution < 1.29 is 18.0 Å². The number of aromatic nitrogens is 4. The number of likely N-dealkylation sites (tertiary alicyclic amines) is 1. The Hall–Kier alpha value is -2.65. The second-order valence-corrected chi connectivity index (χ2v) is 7.33. The first-order valence-corrected chi connectivity index (χ1v) is 9.10. The molecule has 0 saturated carbocycles. The Morgan fingerprint density at radius 2 is 1.93 bits per heavy atom. The molecule has 3 heterocycles. The van der Waals surface area contributed by atoms with Crippen molar-refractivity contribution in [1.29, 1.82) is 0 Å². The van der Waals surface area contributed by atoms with E-state index in [-0.39, 0.29) is 49.3 Å². The number of alkyl halides is 3. The Morgan fingerprint density at radius 3 is 2.46 bits per heavy atom. The number of carbonyl (C=O) groups is 1. The van der Waals surface area contributed by atoms with Gasteiger partial charge in [-0.1, -0.05) is 13.8 Å². The maximum Gasteiger partial charge on any atom is 0.391 e. The third-order valence-corrected chi connectivity index (χ3v) is 4.89. The smallest absolute Gasteiger partial charge is 0.339 e. The Kier molecular flexibility index (Phi) is 5.31. The molecule has 152 valence electrons. The van der Waals surface area contributed by atoms with E-state index in [0.29, 0.717) is 17.0 Å². The van der Waals surface area contributed by atoms with Gasteiger partial charge in [-0.3, -0.25) is 14.6 Å². The van der Waals surface area contributed by atoms with Crippen molar-refractivity contribution in [3.05, 3.63) is 39.6 Å². The van der Waals surface area contributed by atoms with Crippen LogP contribution in [0.1, 0.15) is 54.4 Å². The van der Waals surface area contributed by atoms with Gasteiger partial charge in [-0.05, 0) is 25.7 Å². The van der Waals surface area contributed by atoms with Gasteiger partial charge < -0.3 is 4.90 Å². The van der Waals surface area contributed by atoms with Crippen LogP contribution in [0.4, 0.5) is 13.2 Å². The number of nitrogens with zero attached hydrogens (tertiary/aromatic N) is 4. The minimum atomic E-state index is -4.23. The SMILES string of the molecule is Cc1cc(=O)[nH]c(-n2ncc(C(=O)N3CCC(C(F)(F)F)CC3)c2C(C)C)n1. The quantitative estimate of drug-likeness (QED) is 0.863. The largest absolute Gasteiger partial charge is 0.391 e. The topological polar surface area (TPSA) is 83.9 Å². The zero-order valence-corrected chi connectivity index (χ0v) is 15.9. The number of amides is 1. The van der Waals surface area contributed by atoms with E-state index in [1.165, 1.54) is 21.8 Å². The monoisotopic (exact) mass is 397 g/mol. The number of aryl methyl sites for hydroxylation is 1. The number of rotatable bonds is 3. The van der Waals surface area contributed by atoms with Crippen LogP contribution < -0.4 is 5.56 Å². The molecule has 2 aromatic heterocycles. The molecule has 1 saturated heterocycles. The molecule has 0 aliphatic carbocycles. The van der Waals surface area contributed by atoms with Gasteiger partial charge in [0.25, 0.3) is 11.5 Å². The molecule has 0 atom stereocenters. The lowest BCUT2D eigenvalue weighted by atomic mass is 9.95.